The van der Waals surface area contributed by atoms with Gasteiger partial charge in [0.15, 0.2) is 11.2 Å². The van der Waals surface area contributed by atoms with Crippen LogP contribution in [0.3, 0.4) is 0 Å². The molecule has 0 saturated carbocycles. The van der Waals surface area contributed by atoms with Crippen LogP contribution >= 0.6 is 12.4 Å². The fourth-order valence-corrected chi connectivity index (χ4v) is 5.96. The number of benzene rings is 2. The average molecular weight is 590 g/mol. The van der Waals surface area contributed by atoms with Crippen molar-refractivity contribution in [3.8, 4) is 0 Å². The standard InChI is InChI=1S/C35H43N3O3.ClH/c39-31-25-33(41-32-22-14-11-19-28(31)32)35(40)37-24-16-8-6-4-2-1-3-5-7-15-23-36-34-26-17-9-12-20-29(26)38-30-21-13-10-18-27(30)34;/h9,11-12,14,17,19-20,22,25H,1-8,10,13,15-16,18,21,23-24H2,(H,36,38)(H,37,40);1H. The van der Waals surface area contributed by atoms with Crippen molar-refractivity contribution >= 4 is 45.9 Å². The number of carbonyl (C=O) groups excluding carboxylic acids is 1. The predicted octanol–water partition coefficient (Wildman–Crippen LogP) is 8.38. The molecule has 0 atom stereocenters. The summed E-state index contributed by atoms with van der Waals surface area (Å²) in [4.78, 5) is 29.5. The third-order valence-corrected chi connectivity index (χ3v) is 8.22. The van der Waals surface area contributed by atoms with Crippen molar-refractivity contribution in [1.82, 2.24) is 10.3 Å². The van der Waals surface area contributed by atoms with Gasteiger partial charge in [-0.3, -0.25) is 14.6 Å². The van der Waals surface area contributed by atoms with E-state index in [1.54, 1.807) is 24.3 Å². The van der Waals surface area contributed by atoms with Crippen molar-refractivity contribution in [2.75, 3.05) is 18.4 Å². The highest BCUT2D eigenvalue weighted by Gasteiger charge is 2.17. The highest BCUT2D eigenvalue weighted by atomic mass is 35.5. The van der Waals surface area contributed by atoms with Crippen LogP contribution < -0.4 is 16.1 Å². The van der Waals surface area contributed by atoms with Gasteiger partial charge in [-0.05, 0) is 62.3 Å². The van der Waals surface area contributed by atoms with Gasteiger partial charge in [0, 0.05) is 35.9 Å². The Balaban J connectivity index is 0.00000405. The number of pyridine rings is 1. The highest BCUT2D eigenvalue weighted by Crippen LogP contribution is 2.33. The second-order valence-corrected chi connectivity index (χ2v) is 11.3. The molecule has 2 N–H and O–H groups in total. The van der Waals surface area contributed by atoms with E-state index in [0.717, 1.165) is 37.7 Å². The van der Waals surface area contributed by atoms with Gasteiger partial charge in [0.2, 0.25) is 0 Å². The van der Waals surface area contributed by atoms with Gasteiger partial charge in [-0.1, -0.05) is 81.7 Å². The number of hydrogen-bond acceptors (Lipinski definition) is 5. The van der Waals surface area contributed by atoms with Crippen molar-refractivity contribution in [3.63, 3.8) is 0 Å². The first-order chi connectivity index (χ1) is 20.2. The number of amides is 1. The molecule has 224 valence electrons. The Hall–Kier alpha value is -3.38. The Kier molecular flexibility index (Phi) is 12.3. The number of hydrogen-bond donors (Lipinski definition) is 2. The minimum Gasteiger partial charge on any atom is -0.451 e. The van der Waals surface area contributed by atoms with Crippen LogP contribution in [0.1, 0.15) is 98.9 Å². The number of aromatic nitrogens is 1. The number of unbranched alkanes of at least 4 members (excludes halogenated alkanes) is 9. The van der Waals surface area contributed by atoms with E-state index < -0.39 is 0 Å². The minimum atomic E-state index is -0.323. The number of rotatable bonds is 15. The molecule has 2 heterocycles. The van der Waals surface area contributed by atoms with Crippen molar-refractivity contribution in [2.45, 2.75) is 89.9 Å². The van der Waals surface area contributed by atoms with E-state index in [2.05, 4.69) is 34.9 Å². The minimum absolute atomic E-state index is 0. The van der Waals surface area contributed by atoms with Crippen molar-refractivity contribution in [2.24, 2.45) is 0 Å². The second kappa shape index (κ2) is 16.3. The summed E-state index contributed by atoms with van der Waals surface area (Å²) in [7, 11) is 0. The van der Waals surface area contributed by atoms with E-state index in [0.29, 0.717) is 17.5 Å². The lowest BCUT2D eigenvalue weighted by atomic mass is 9.92. The van der Waals surface area contributed by atoms with Crippen molar-refractivity contribution in [1.29, 1.82) is 0 Å². The summed E-state index contributed by atoms with van der Waals surface area (Å²) in [6.45, 7) is 1.63. The van der Waals surface area contributed by atoms with Gasteiger partial charge in [-0.25, -0.2) is 0 Å². The Morgan fingerprint density at radius 3 is 2.14 bits per heavy atom. The number of carbonyl (C=O) groups is 1. The first kappa shape index (κ1) is 31.6. The Morgan fingerprint density at radius 2 is 1.38 bits per heavy atom. The number of para-hydroxylation sites is 2. The maximum atomic E-state index is 12.4. The van der Waals surface area contributed by atoms with Crippen molar-refractivity contribution in [3.05, 3.63) is 81.8 Å². The molecule has 0 aliphatic heterocycles. The van der Waals surface area contributed by atoms with Gasteiger partial charge in [0.1, 0.15) is 5.58 Å². The molecule has 0 unspecified atom stereocenters. The molecule has 1 aliphatic rings. The molecule has 42 heavy (non-hydrogen) atoms. The smallest absolute Gasteiger partial charge is 0.287 e. The molecule has 6 nitrogen and oxygen atoms in total. The van der Waals surface area contributed by atoms with Gasteiger partial charge in [-0.2, -0.15) is 0 Å². The maximum absolute atomic E-state index is 12.4. The molecule has 0 bridgehead atoms. The van der Waals surface area contributed by atoms with Crippen LogP contribution in [-0.4, -0.2) is 24.0 Å². The van der Waals surface area contributed by atoms with Gasteiger partial charge in [0.05, 0.1) is 10.9 Å². The SMILES string of the molecule is Cl.O=C(NCCCCCCCCCCCCNc1c2c(nc3ccccc13)CCCC2)c1cc(=O)c2ccccc2o1. The Bertz CT molecular complexity index is 1520. The van der Waals surface area contributed by atoms with Crippen LogP contribution in [0.15, 0.2) is 63.8 Å². The summed E-state index contributed by atoms with van der Waals surface area (Å²) < 4.78 is 5.61. The normalized spacial score (nSPS) is 12.6. The molecule has 7 heteroatoms. The van der Waals surface area contributed by atoms with Gasteiger partial charge >= 0.3 is 0 Å². The van der Waals surface area contributed by atoms with E-state index in [1.807, 2.05) is 0 Å². The zero-order chi connectivity index (χ0) is 28.3. The van der Waals surface area contributed by atoms with Gasteiger partial charge < -0.3 is 15.1 Å². The molecular weight excluding hydrogens is 546 g/mol. The molecular formula is C35H44ClN3O3. The molecule has 5 rings (SSSR count). The zero-order valence-electron chi connectivity index (χ0n) is 24.6. The number of halogens is 1. The predicted molar refractivity (Wildman–Crippen MR) is 175 cm³/mol. The van der Waals surface area contributed by atoms with Gasteiger partial charge in [0.25, 0.3) is 5.91 Å². The lowest BCUT2D eigenvalue weighted by molar-refractivity contribution is 0.0925. The number of anilines is 1. The zero-order valence-corrected chi connectivity index (χ0v) is 25.4. The highest BCUT2D eigenvalue weighted by molar-refractivity contribution is 5.94. The van der Waals surface area contributed by atoms with E-state index >= 15 is 0 Å². The third kappa shape index (κ3) is 8.34. The molecule has 1 amide bonds. The van der Waals surface area contributed by atoms with E-state index in [-0.39, 0.29) is 29.5 Å². The van der Waals surface area contributed by atoms with E-state index in [1.165, 1.54) is 92.6 Å². The van der Waals surface area contributed by atoms with Crippen LogP contribution in [0.2, 0.25) is 0 Å². The largest absolute Gasteiger partial charge is 0.451 e. The summed E-state index contributed by atoms with van der Waals surface area (Å²) in [5.41, 5.74) is 5.47. The number of aryl methyl sites for hydroxylation is 1. The van der Waals surface area contributed by atoms with Crippen LogP contribution in [0.5, 0.6) is 0 Å². The average Bonchev–Trinajstić information content (AvgIpc) is 3.00. The molecule has 0 radical (unpaired) electrons. The Morgan fingerprint density at radius 1 is 0.762 bits per heavy atom. The fourth-order valence-electron chi connectivity index (χ4n) is 5.96. The number of nitrogens with one attached hydrogen (secondary N) is 2. The van der Waals surface area contributed by atoms with E-state index in [4.69, 9.17) is 9.40 Å². The molecule has 0 spiro atoms. The maximum Gasteiger partial charge on any atom is 0.287 e. The summed E-state index contributed by atoms with van der Waals surface area (Å²) in [6, 6.07) is 16.8. The van der Waals surface area contributed by atoms with E-state index in [9.17, 15) is 9.59 Å². The lowest BCUT2D eigenvalue weighted by Crippen LogP contribution is -2.25. The topological polar surface area (TPSA) is 84.2 Å². The third-order valence-electron chi connectivity index (χ3n) is 8.22. The Labute approximate surface area is 255 Å². The fraction of sp³-hybridized carbons (Fsp3) is 0.457. The molecule has 0 fully saturated rings. The lowest BCUT2D eigenvalue weighted by Gasteiger charge is -2.21. The summed E-state index contributed by atoms with van der Waals surface area (Å²) in [5.74, 6) is -0.245. The van der Waals surface area contributed by atoms with Crippen molar-refractivity contribution < 1.29 is 9.21 Å². The summed E-state index contributed by atoms with van der Waals surface area (Å²) in [5, 5.41) is 8.44. The molecule has 2 aromatic carbocycles. The number of fused-ring (bicyclic) bond motifs is 3. The quantitative estimate of drug-likeness (QED) is 0.136. The monoisotopic (exact) mass is 589 g/mol. The summed E-state index contributed by atoms with van der Waals surface area (Å²) >= 11 is 0. The van der Waals surface area contributed by atoms with Crippen LogP contribution in [0.25, 0.3) is 21.9 Å². The second-order valence-electron chi connectivity index (χ2n) is 11.3. The van der Waals surface area contributed by atoms with Crippen LogP contribution in [0, 0.1) is 0 Å². The van der Waals surface area contributed by atoms with Gasteiger partial charge in [-0.15, -0.1) is 12.4 Å². The molecule has 4 aromatic rings. The van der Waals surface area contributed by atoms with Crippen LogP contribution in [0.4, 0.5) is 5.69 Å². The summed E-state index contributed by atoms with van der Waals surface area (Å²) in [6.07, 6.45) is 16.9. The first-order valence-electron chi connectivity index (χ1n) is 15.7. The molecule has 1 aliphatic carbocycles. The number of nitrogens with zero attached hydrogens (tertiary/aromatic N) is 1. The first-order valence-corrected chi connectivity index (χ1v) is 15.7. The molecule has 0 saturated heterocycles. The van der Waals surface area contributed by atoms with Crippen LogP contribution in [-0.2, 0) is 12.8 Å². The molecule has 2 aromatic heterocycles.